The Balaban J connectivity index is 2.38. The molecule has 0 saturated carbocycles. The number of rotatable bonds is 1. The van der Waals surface area contributed by atoms with Crippen LogP contribution in [0.2, 0.25) is 0 Å². The lowest BCUT2D eigenvalue weighted by Crippen LogP contribution is -2.31. The average molecular weight is 263 g/mol. The van der Waals surface area contributed by atoms with Crippen molar-refractivity contribution in [3.05, 3.63) is 79.4 Å². The van der Waals surface area contributed by atoms with Crippen molar-refractivity contribution in [2.45, 2.75) is 13.8 Å². The molecule has 0 aliphatic heterocycles. The number of nitrogens with zero attached hydrogens (tertiary/aromatic N) is 1. The van der Waals surface area contributed by atoms with Gasteiger partial charge in [0, 0.05) is 10.8 Å². The van der Waals surface area contributed by atoms with Crippen LogP contribution in [-0.4, -0.2) is 0 Å². The van der Waals surface area contributed by atoms with Crippen molar-refractivity contribution in [3.63, 3.8) is 0 Å². The van der Waals surface area contributed by atoms with Gasteiger partial charge in [0.1, 0.15) is 0 Å². The van der Waals surface area contributed by atoms with E-state index in [-0.39, 0.29) is 16.2 Å². The lowest BCUT2D eigenvalue weighted by molar-refractivity contribution is 1.26. The van der Waals surface area contributed by atoms with Crippen LogP contribution < -0.4 is 16.2 Å². The second-order valence-electron chi connectivity index (χ2n) is 4.95. The third-order valence-corrected chi connectivity index (χ3v) is 3.43. The summed E-state index contributed by atoms with van der Waals surface area (Å²) in [6.07, 6.45) is 0. The highest BCUT2D eigenvalue weighted by atomic mass is 16.1. The lowest BCUT2D eigenvalue weighted by atomic mass is 10.1. The molecule has 3 rings (SSSR count). The van der Waals surface area contributed by atoms with Crippen LogP contribution in [-0.2, 0) is 0 Å². The second kappa shape index (κ2) is 4.53. The monoisotopic (exact) mass is 263 g/mol. The van der Waals surface area contributed by atoms with Gasteiger partial charge in [-0.25, -0.2) is 4.99 Å². The van der Waals surface area contributed by atoms with Crippen LogP contribution in [0, 0.1) is 13.8 Å². The molecule has 3 heteroatoms. The van der Waals surface area contributed by atoms with E-state index in [2.05, 4.69) is 4.99 Å². The molecule has 0 radical (unpaired) electrons. The summed E-state index contributed by atoms with van der Waals surface area (Å²) in [5.74, 6) is 0. The van der Waals surface area contributed by atoms with Gasteiger partial charge in [0.2, 0.25) is 10.9 Å². The predicted molar refractivity (Wildman–Crippen MR) is 80.0 cm³/mol. The molecule has 0 bridgehead atoms. The zero-order valence-electron chi connectivity index (χ0n) is 11.3. The standard InChI is InChI=1S/C17H13NO2/c1-10-7-8-14(11(2)9-10)18-15-16(19)12-5-3-4-6-13(12)17(15)20/h3-9H,1-2H3. The third-order valence-electron chi connectivity index (χ3n) is 3.43. The zero-order valence-corrected chi connectivity index (χ0v) is 11.3. The molecule has 0 spiro atoms. The summed E-state index contributed by atoms with van der Waals surface area (Å²) >= 11 is 0. The van der Waals surface area contributed by atoms with Gasteiger partial charge in [-0.1, -0.05) is 42.0 Å². The molecular weight excluding hydrogens is 250 g/mol. The number of benzene rings is 2. The lowest BCUT2D eigenvalue weighted by Gasteiger charge is -1.99. The molecule has 0 N–H and O–H groups in total. The molecule has 3 nitrogen and oxygen atoms in total. The Kier molecular flexibility index (Phi) is 2.83. The van der Waals surface area contributed by atoms with Crippen molar-refractivity contribution < 1.29 is 0 Å². The Bertz CT molecular complexity index is 911. The van der Waals surface area contributed by atoms with Crippen molar-refractivity contribution in [3.8, 4) is 0 Å². The summed E-state index contributed by atoms with van der Waals surface area (Å²) < 4.78 is 0. The molecule has 3 aromatic carbocycles. The van der Waals surface area contributed by atoms with Crippen LogP contribution in [0.4, 0.5) is 5.69 Å². The minimum atomic E-state index is -0.287. The van der Waals surface area contributed by atoms with E-state index in [1.54, 1.807) is 24.3 Å². The van der Waals surface area contributed by atoms with E-state index in [4.69, 9.17) is 0 Å². The van der Waals surface area contributed by atoms with Crippen molar-refractivity contribution >= 4 is 16.5 Å². The molecule has 0 saturated heterocycles. The fraction of sp³-hybridized carbons (Fsp3) is 0.118. The maximum atomic E-state index is 12.2. The molecule has 3 aromatic rings. The Hall–Kier alpha value is -2.55. The van der Waals surface area contributed by atoms with E-state index in [9.17, 15) is 9.59 Å². The van der Waals surface area contributed by atoms with Crippen LogP contribution in [0.25, 0.3) is 10.8 Å². The Labute approximate surface area is 115 Å². The maximum Gasteiger partial charge on any atom is 0.216 e. The molecule has 0 aliphatic carbocycles. The van der Waals surface area contributed by atoms with Crippen molar-refractivity contribution in [1.29, 1.82) is 0 Å². The smallest absolute Gasteiger partial charge is 0.216 e. The summed E-state index contributed by atoms with van der Waals surface area (Å²) in [4.78, 5) is 28.8. The van der Waals surface area contributed by atoms with E-state index >= 15 is 0 Å². The maximum absolute atomic E-state index is 12.2. The first kappa shape index (κ1) is 12.5. The molecule has 0 fully saturated rings. The summed E-state index contributed by atoms with van der Waals surface area (Å²) in [6.45, 7) is 3.91. The number of hydrogen-bond acceptors (Lipinski definition) is 3. The van der Waals surface area contributed by atoms with Crippen molar-refractivity contribution in [1.82, 2.24) is 0 Å². The van der Waals surface area contributed by atoms with E-state index in [0.717, 1.165) is 11.1 Å². The van der Waals surface area contributed by atoms with Crippen LogP contribution in [0.15, 0.2) is 57.0 Å². The van der Waals surface area contributed by atoms with E-state index < -0.39 is 0 Å². The fourth-order valence-corrected chi connectivity index (χ4v) is 2.39. The van der Waals surface area contributed by atoms with Crippen LogP contribution >= 0.6 is 0 Å². The molecule has 0 aliphatic rings. The van der Waals surface area contributed by atoms with Crippen LogP contribution in [0.1, 0.15) is 11.1 Å². The molecule has 0 unspecified atom stereocenters. The third kappa shape index (κ3) is 1.88. The minimum absolute atomic E-state index is 0.0122. The molecule has 0 atom stereocenters. The highest BCUT2D eigenvalue weighted by Crippen LogP contribution is 2.18. The van der Waals surface area contributed by atoms with Gasteiger partial charge >= 0.3 is 0 Å². The predicted octanol–water partition coefficient (Wildman–Crippen LogP) is 2.29. The molecule has 0 heterocycles. The Morgan fingerprint density at radius 1 is 0.850 bits per heavy atom. The first-order valence-corrected chi connectivity index (χ1v) is 6.42. The van der Waals surface area contributed by atoms with Crippen LogP contribution in [0.5, 0.6) is 0 Å². The van der Waals surface area contributed by atoms with E-state index in [1.165, 1.54) is 0 Å². The largest absolute Gasteiger partial charge is 0.287 e. The summed E-state index contributed by atoms with van der Waals surface area (Å²) in [6, 6.07) is 12.6. The Morgan fingerprint density at radius 2 is 1.45 bits per heavy atom. The van der Waals surface area contributed by atoms with Gasteiger partial charge in [0.05, 0.1) is 5.69 Å². The van der Waals surface area contributed by atoms with Gasteiger partial charge in [-0.2, -0.15) is 0 Å². The molecule has 0 amide bonds. The SMILES string of the molecule is Cc1ccc(N=c2c(=O)c3ccccc3c2=O)c(C)c1. The summed E-state index contributed by atoms with van der Waals surface area (Å²) in [5, 5.41) is 0.903. The van der Waals surface area contributed by atoms with Gasteiger partial charge in [0.15, 0.2) is 5.36 Å². The van der Waals surface area contributed by atoms with Crippen molar-refractivity contribution in [2.75, 3.05) is 0 Å². The first-order chi connectivity index (χ1) is 9.58. The highest BCUT2D eigenvalue weighted by Gasteiger charge is 2.10. The quantitative estimate of drug-likeness (QED) is 0.676. The molecule has 20 heavy (non-hydrogen) atoms. The molecule has 98 valence electrons. The average Bonchev–Trinajstić information content (AvgIpc) is 2.67. The number of aryl methyl sites for hydroxylation is 2. The van der Waals surface area contributed by atoms with Gasteiger partial charge in [-0.15, -0.1) is 0 Å². The first-order valence-electron chi connectivity index (χ1n) is 6.42. The zero-order chi connectivity index (χ0) is 14.3. The highest BCUT2D eigenvalue weighted by molar-refractivity contribution is 5.83. The van der Waals surface area contributed by atoms with Gasteiger partial charge < -0.3 is 0 Å². The topological polar surface area (TPSA) is 46.5 Å². The second-order valence-corrected chi connectivity index (χ2v) is 4.95. The van der Waals surface area contributed by atoms with Gasteiger partial charge in [-0.05, 0) is 25.5 Å². The minimum Gasteiger partial charge on any atom is -0.287 e. The van der Waals surface area contributed by atoms with E-state index in [1.807, 2.05) is 32.0 Å². The van der Waals surface area contributed by atoms with Crippen LogP contribution in [0.3, 0.4) is 0 Å². The molecule has 0 aromatic heterocycles. The number of hydrogen-bond donors (Lipinski definition) is 0. The van der Waals surface area contributed by atoms with E-state index in [0.29, 0.717) is 16.5 Å². The molecular formula is C17H13NO2. The Morgan fingerprint density at radius 3 is 2.00 bits per heavy atom. The number of fused-ring (bicyclic) bond motifs is 1. The van der Waals surface area contributed by atoms with Gasteiger partial charge in [-0.3, -0.25) is 9.59 Å². The normalized spacial score (nSPS) is 10.9. The summed E-state index contributed by atoms with van der Waals surface area (Å²) in [7, 11) is 0. The van der Waals surface area contributed by atoms with Gasteiger partial charge in [0.25, 0.3) is 0 Å². The van der Waals surface area contributed by atoms with Crippen molar-refractivity contribution in [2.24, 2.45) is 4.99 Å². The summed E-state index contributed by atoms with van der Waals surface area (Å²) in [5.41, 5.74) is 2.17. The fourth-order valence-electron chi connectivity index (χ4n) is 2.39.